The van der Waals surface area contributed by atoms with Gasteiger partial charge in [-0.2, -0.15) is 0 Å². The van der Waals surface area contributed by atoms with E-state index in [0.717, 1.165) is 46.8 Å². The van der Waals surface area contributed by atoms with Crippen molar-refractivity contribution in [1.29, 1.82) is 0 Å². The summed E-state index contributed by atoms with van der Waals surface area (Å²) in [7, 11) is 3.17. The number of likely N-dealkylation sites (tertiary alicyclic amines) is 1. The molecule has 3 aromatic rings. The van der Waals surface area contributed by atoms with E-state index in [1.54, 1.807) is 21.1 Å². The van der Waals surface area contributed by atoms with Crippen LogP contribution in [0, 0.1) is 23.7 Å². The topological polar surface area (TPSA) is 156 Å². The molecule has 0 aromatic heterocycles. The molecule has 2 aliphatic rings. The van der Waals surface area contributed by atoms with Crippen molar-refractivity contribution in [2.45, 2.75) is 102 Å². The molecule has 1 saturated heterocycles. The number of benzene rings is 3. The normalized spacial score (nSPS) is 20.3. The first-order valence-corrected chi connectivity index (χ1v) is 21.4. The summed E-state index contributed by atoms with van der Waals surface area (Å²) in [4.78, 5) is 55.0. The summed E-state index contributed by atoms with van der Waals surface area (Å²) in [6.07, 6.45) is 0.581. The number of methoxy groups -OCH3 is 2. The van der Waals surface area contributed by atoms with Crippen LogP contribution in [0.4, 0.5) is 4.79 Å². The second-order valence-electron chi connectivity index (χ2n) is 17.2. The van der Waals surface area contributed by atoms with Crippen LogP contribution in [-0.4, -0.2) is 111 Å². The van der Waals surface area contributed by atoms with Crippen LogP contribution < -0.4 is 16.0 Å². The number of aliphatic hydroxyl groups is 1. The molecule has 1 heterocycles. The van der Waals surface area contributed by atoms with E-state index >= 15 is 0 Å². The highest BCUT2D eigenvalue weighted by Crippen LogP contribution is 2.44. The van der Waals surface area contributed by atoms with Gasteiger partial charge in [0.15, 0.2) is 0 Å². The van der Waals surface area contributed by atoms with Gasteiger partial charge in [0.25, 0.3) is 0 Å². The Labute approximate surface area is 356 Å². The lowest BCUT2D eigenvalue weighted by molar-refractivity contribution is -0.126. The van der Waals surface area contributed by atoms with Crippen molar-refractivity contribution in [3.63, 3.8) is 0 Å². The molecule has 1 unspecified atom stereocenters. The molecule has 12 heteroatoms. The van der Waals surface area contributed by atoms with Crippen LogP contribution in [-0.2, 0) is 28.6 Å². The summed E-state index contributed by atoms with van der Waals surface area (Å²) in [5.41, 5.74) is 4.08. The number of rotatable bonds is 22. The number of nitrogens with one attached hydrogen (secondary N) is 3. The van der Waals surface area contributed by atoms with Gasteiger partial charge in [-0.05, 0) is 66.5 Å². The molecule has 0 radical (unpaired) electrons. The SMILES string of the molecule is CC[C@H](C)[C@@H](CNC(=O)C(NC(=O)OCC1c2ccccc2-c2ccccc21)C(C)C)[C@@H](OC)[C@@H](C=O)N1CC[C@H]([C@@H](OC)[C@](C)(C=O)N[C@H](C)[C@@H](O)c2ccccc2)C1. The number of aliphatic hydroxyl groups excluding tert-OH is 1. The third kappa shape index (κ3) is 10.5. The Morgan fingerprint density at radius 2 is 1.53 bits per heavy atom. The number of carbonyl (C=O) groups excluding carboxylic acids is 4. The number of amides is 2. The first kappa shape index (κ1) is 46.6. The third-order valence-electron chi connectivity index (χ3n) is 13.0. The minimum absolute atomic E-state index is 0.0653. The quantitative estimate of drug-likeness (QED) is 0.0899. The van der Waals surface area contributed by atoms with E-state index in [1.165, 1.54) is 0 Å². The lowest BCUT2D eigenvalue weighted by atomic mass is 9.83. The minimum atomic E-state index is -1.13. The maximum Gasteiger partial charge on any atom is 0.407 e. The maximum absolute atomic E-state index is 13.8. The molecule has 1 aliphatic heterocycles. The minimum Gasteiger partial charge on any atom is -0.449 e. The summed E-state index contributed by atoms with van der Waals surface area (Å²) in [6.45, 7) is 12.9. The molecule has 0 bridgehead atoms. The molecule has 326 valence electrons. The fraction of sp³-hybridized carbons (Fsp3) is 0.542. The second-order valence-corrected chi connectivity index (χ2v) is 17.2. The van der Waals surface area contributed by atoms with E-state index in [4.69, 9.17) is 14.2 Å². The van der Waals surface area contributed by atoms with E-state index in [0.29, 0.717) is 19.5 Å². The maximum atomic E-state index is 13.8. The van der Waals surface area contributed by atoms with Crippen LogP contribution in [0.1, 0.15) is 83.1 Å². The van der Waals surface area contributed by atoms with Crippen LogP contribution in [0.2, 0.25) is 0 Å². The highest BCUT2D eigenvalue weighted by molar-refractivity contribution is 5.86. The van der Waals surface area contributed by atoms with Crippen molar-refractivity contribution < 1.29 is 38.5 Å². The number of nitrogens with zero attached hydrogens (tertiary/aromatic N) is 1. The van der Waals surface area contributed by atoms with E-state index in [9.17, 15) is 24.3 Å². The van der Waals surface area contributed by atoms with Crippen molar-refractivity contribution in [3.05, 3.63) is 95.6 Å². The fourth-order valence-electron chi connectivity index (χ4n) is 9.46. The van der Waals surface area contributed by atoms with Gasteiger partial charge in [-0.15, -0.1) is 0 Å². The summed E-state index contributed by atoms with van der Waals surface area (Å²) in [5.74, 6) is -0.990. The zero-order valence-corrected chi connectivity index (χ0v) is 36.5. The van der Waals surface area contributed by atoms with Gasteiger partial charge in [-0.3, -0.25) is 15.0 Å². The zero-order valence-electron chi connectivity index (χ0n) is 36.5. The van der Waals surface area contributed by atoms with Gasteiger partial charge < -0.3 is 39.5 Å². The average molecular weight is 827 g/mol. The van der Waals surface area contributed by atoms with Gasteiger partial charge in [0.1, 0.15) is 25.2 Å². The van der Waals surface area contributed by atoms with E-state index in [-0.39, 0.29) is 48.6 Å². The van der Waals surface area contributed by atoms with Gasteiger partial charge in [-0.1, -0.05) is 113 Å². The van der Waals surface area contributed by atoms with E-state index in [1.807, 2.05) is 75.4 Å². The molecule has 12 nitrogen and oxygen atoms in total. The summed E-state index contributed by atoms with van der Waals surface area (Å²) >= 11 is 0. The Balaban J connectivity index is 1.22. The van der Waals surface area contributed by atoms with Crippen molar-refractivity contribution >= 4 is 24.6 Å². The van der Waals surface area contributed by atoms with Crippen molar-refractivity contribution in [3.8, 4) is 11.1 Å². The van der Waals surface area contributed by atoms with Crippen molar-refractivity contribution in [2.75, 3.05) is 40.5 Å². The van der Waals surface area contributed by atoms with Crippen LogP contribution >= 0.6 is 0 Å². The lowest BCUT2D eigenvalue weighted by Gasteiger charge is -2.40. The molecule has 1 fully saturated rings. The van der Waals surface area contributed by atoms with Crippen LogP contribution in [0.25, 0.3) is 11.1 Å². The predicted molar refractivity (Wildman–Crippen MR) is 232 cm³/mol. The smallest absolute Gasteiger partial charge is 0.407 e. The van der Waals surface area contributed by atoms with E-state index < -0.39 is 48.1 Å². The first-order chi connectivity index (χ1) is 28.8. The predicted octanol–water partition coefficient (Wildman–Crippen LogP) is 5.92. The summed E-state index contributed by atoms with van der Waals surface area (Å²) in [6, 6.07) is 23.6. The molecule has 5 rings (SSSR count). The number of aldehydes is 2. The van der Waals surface area contributed by atoms with Crippen molar-refractivity contribution in [2.24, 2.45) is 23.7 Å². The molecule has 0 spiro atoms. The fourth-order valence-corrected chi connectivity index (χ4v) is 9.46. The molecule has 3 aromatic carbocycles. The van der Waals surface area contributed by atoms with Crippen LogP contribution in [0.3, 0.4) is 0 Å². The monoisotopic (exact) mass is 826 g/mol. The molecular weight excluding hydrogens is 761 g/mol. The van der Waals surface area contributed by atoms with Gasteiger partial charge in [0.2, 0.25) is 5.91 Å². The van der Waals surface area contributed by atoms with Gasteiger partial charge in [0, 0.05) is 51.1 Å². The molecule has 0 saturated carbocycles. The Hall–Kier alpha value is -4.46. The molecule has 4 N–H and O–H groups in total. The van der Waals surface area contributed by atoms with Crippen LogP contribution in [0.15, 0.2) is 78.9 Å². The highest BCUT2D eigenvalue weighted by Gasteiger charge is 2.46. The highest BCUT2D eigenvalue weighted by atomic mass is 16.5. The molecular formula is C48H66N4O8. The first-order valence-electron chi connectivity index (χ1n) is 21.4. The number of alkyl carbamates (subject to hydrolysis) is 1. The van der Waals surface area contributed by atoms with Crippen LogP contribution in [0.5, 0.6) is 0 Å². The molecule has 2 amide bonds. The number of carbonyl (C=O) groups is 4. The average Bonchev–Trinajstić information content (AvgIpc) is 3.87. The van der Waals surface area contributed by atoms with Gasteiger partial charge >= 0.3 is 6.09 Å². The number of ether oxygens (including phenoxy) is 3. The molecule has 1 aliphatic carbocycles. The zero-order chi connectivity index (χ0) is 43.6. The Morgan fingerprint density at radius 1 is 0.917 bits per heavy atom. The lowest BCUT2D eigenvalue weighted by Crippen LogP contribution is -2.61. The number of fused-ring (bicyclic) bond motifs is 3. The standard InChI is InChI=1S/C48H66N4O8/c1-9-31(4)39(25-49-46(56)42(30(2)3)50-47(57)60-28-40-37-21-15-13-19-35(37)36-20-14-16-22-38(36)40)44(58-7)41(27-53)52-24-23-34(26-52)45(59-8)48(6,29-54)51-32(5)43(55)33-17-11-10-12-18-33/h10-22,27,29-32,34,39-45,51,55H,9,23-26,28H2,1-8H3,(H,49,56)(H,50,57)/t31-,32+,34-,39+,41+,42?,43+,44+,45+,48-/m0/s1. The van der Waals surface area contributed by atoms with Crippen molar-refractivity contribution in [1.82, 2.24) is 20.9 Å². The molecule has 60 heavy (non-hydrogen) atoms. The van der Waals surface area contributed by atoms with Gasteiger partial charge in [0.05, 0.1) is 29.9 Å². The number of hydrogen-bond acceptors (Lipinski definition) is 10. The summed E-state index contributed by atoms with van der Waals surface area (Å²) in [5, 5.41) is 20.3. The third-order valence-corrected chi connectivity index (χ3v) is 13.0. The largest absolute Gasteiger partial charge is 0.449 e. The second kappa shape index (κ2) is 21.4. The Bertz CT molecular complexity index is 1830. The Kier molecular flexibility index (Phi) is 16.6. The van der Waals surface area contributed by atoms with E-state index in [2.05, 4.69) is 59.0 Å². The Morgan fingerprint density at radius 3 is 2.08 bits per heavy atom. The molecule has 10 atom stereocenters. The number of hydrogen-bond donors (Lipinski definition) is 4. The van der Waals surface area contributed by atoms with Gasteiger partial charge in [-0.25, -0.2) is 4.79 Å². The summed E-state index contributed by atoms with van der Waals surface area (Å²) < 4.78 is 17.9.